The van der Waals surface area contributed by atoms with Crippen LogP contribution in [0.25, 0.3) is 0 Å². The number of hydrogen-bond acceptors (Lipinski definition) is 7. The van der Waals surface area contributed by atoms with Crippen molar-refractivity contribution in [1.29, 1.82) is 0 Å². The molecule has 1 saturated heterocycles. The molecule has 1 aliphatic heterocycles. The normalized spacial score (nSPS) is 29.8. The summed E-state index contributed by atoms with van der Waals surface area (Å²) in [5.41, 5.74) is 1.53. The molecule has 1 N–H and O–H groups in total. The van der Waals surface area contributed by atoms with Crippen molar-refractivity contribution in [2.75, 3.05) is 6.61 Å². The van der Waals surface area contributed by atoms with Gasteiger partial charge < -0.3 is 19.3 Å². The molecule has 152 valence electrons. The summed E-state index contributed by atoms with van der Waals surface area (Å²) in [7, 11) is 0. The second-order valence-electron chi connectivity index (χ2n) is 7.10. The molecular weight excluding hydrogens is 364 g/mol. The van der Waals surface area contributed by atoms with Gasteiger partial charge >= 0.3 is 17.9 Å². The molecule has 28 heavy (non-hydrogen) atoms. The first-order valence-corrected chi connectivity index (χ1v) is 9.05. The van der Waals surface area contributed by atoms with Crippen molar-refractivity contribution in [3.05, 3.63) is 48.1 Å². The van der Waals surface area contributed by atoms with Crippen LogP contribution < -0.4 is 0 Å². The second-order valence-corrected chi connectivity index (χ2v) is 7.10. The van der Waals surface area contributed by atoms with Gasteiger partial charge in [-0.15, -0.1) is 0 Å². The van der Waals surface area contributed by atoms with E-state index < -0.39 is 42.1 Å². The van der Waals surface area contributed by atoms with Crippen molar-refractivity contribution in [1.82, 2.24) is 0 Å². The van der Waals surface area contributed by atoms with E-state index in [-0.39, 0.29) is 24.2 Å². The van der Waals surface area contributed by atoms with Crippen LogP contribution in [-0.2, 0) is 28.6 Å². The molecule has 0 aromatic heterocycles. The number of hydrogen-bond donors (Lipinski definition) is 1. The monoisotopic (exact) mass is 390 g/mol. The van der Waals surface area contributed by atoms with Crippen molar-refractivity contribution in [3.63, 3.8) is 0 Å². The van der Waals surface area contributed by atoms with E-state index in [0.717, 1.165) is 0 Å². The van der Waals surface area contributed by atoms with Gasteiger partial charge in [0.2, 0.25) is 0 Å². The van der Waals surface area contributed by atoms with Crippen LogP contribution >= 0.6 is 0 Å². The SMILES string of the molecule is C=C(C)C(=O)O[C@H]1C/C(CO)=C/CCC(=C)C(OC(C)=O)[C@H]2OC(=O)C(=C)[C@H]12. The summed E-state index contributed by atoms with van der Waals surface area (Å²) in [4.78, 5) is 36.1. The zero-order valence-electron chi connectivity index (χ0n) is 16.2. The first-order chi connectivity index (χ1) is 13.1. The Bertz CT molecular complexity index is 746. The Morgan fingerprint density at radius 1 is 1.29 bits per heavy atom. The maximum Gasteiger partial charge on any atom is 0.334 e. The fourth-order valence-electron chi connectivity index (χ4n) is 3.41. The van der Waals surface area contributed by atoms with E-state index in [4.69, 9.17) is 14.2 Å². The summed E-state index contributed by atoms with van der Waals surface area (Å²) in [6.45, 7) is 13.9. The van der Waals surface area contributed by atoms with E-state index in [9.17, 15) is 19.5 Å². The maximum atomic E-state index is 12.3. The second kappa shape index (κ2) is 9.01. The molecule has 4 atom stereocenters. The van der Waals surface area contributed by atoms with E-state index in [1.165, 1.54) is 13.8 Å². The van der Waals surface area contributed by atoms with Crippen molar-refractivity contribution in [2.45, 2.75) is 51.4 Å². The molecule has 1 unspecified atom stereocenters. The number of ether oxygens (including phenoxy) is 3. The lowest BCUT2D eigenvalue weighted by molar-refractivity contribution is -0.162. The highest BCUT2D eigenvalue weighted by Gasteiger charge is 2.50. The Kier molecular flexibility index (Phi) is 6.96. The lowest BCUT2D eigenvalue weighted by Crippen LogP contribution is -2.43. The van der Waals surface area contributed by atoms with Gasteiger partial charge in [0, 0.05) is 24.5 Å². The Labute approximate surface area is 164 Å². The lowest BCUT2D eigenvalue weighted by atomic mass is 9.82. The highest BCUT2D eigenvalue weighted by atomic mass is 16.6. The quantitative estimate of drug-likeness (QED) is 0.340. The highest BCUT2D eigenvalue weighted by Crippen LogP contribution is 2.39. The number of carbonyl (C=O) groups excluding carboxylic acids is 3. The molecule has 0 radical (unpaired) electrons. The molecule has 0 spiro atoms. The summed E-state index contributed by atoms with van der Waals surface area (Å²) in [5, 5.41) is 9.69. The molecule has 2 rings (SSSR count). The summed E-state index contributed by atoms with van der Waals surface area (Å²) in [6.07, 6.45) is 0.378. The minimum atomic E-state index is -0.919. The third-order valence-corrected chi connectivity index (χ3v) is 4.83. The van der Waals surface area contributed by atoms with Gasteiger partial charge in [-0.3, -0.25) is 4.79 Å². The number of aliphatic hydroxyl groups is 1. The van der Waals surface area contributed by atoms with Gasteiger partial charge in [0.15, 0.2) is 12.2 Å². The van der Waals surface area contributed by atoms with Gasteiger partial charge in [0.1, 0.15) is 6.10 Å². The van der Waals surface area contributed by atoms with Crippen LogP contribution in [0.15, 0.2) is 48.1 Å². The minimum absolute atomic E-state index is 0.118. The summed E-state index contributed by atoms with van der Waals surface area (Å²) in [6, 6.07) is 0. The van der Waals surface area contributed by atoms with Crippen LogP contribution in [0.2, 0.25) is 0 Å². The van der Waals surface area contributed by atoms with Crippen LogP contribution in [0.4, 0.5) is 0 Å². The summed E-state index contributed by atoms with van der Waals surface area (Å²) in [5.74, 6) is -2.58. The molecule has 1 aliphatic carbocycles. The fourth-order valence-corrected chi connectivity index (χ4v) is 3.41. The van der Waals surface area contributed by atoms with E-state index >= 15 is 0 Å². The van der Waals surface area contributed by atoms with Crippen LogP contribution in [0.1, 0.15) is 33.1 Å². The van der Waals surface area contributed by atoms with E-state index in [1.807, 2.05) is 6.08 Å². The number of carbonyl (C=O) groups is 3. The Balaban J connectivity index is 2.52. The van der Waals surface area contributed by atoms with Crippen molar-refractivity contribution in [2.24, 2.45) is 5.92 Å². The molecule has 0 saturated carbocycles. The van der Waals surface area contributed by atoms with Gasteiger partial charge in [-0.2, -0.15) is 0 Å². The smallest absolute Gasteiger partial charge is 0.334 e. The first-order valence-electron chi connectivity index (χ1n) is 9.05. The molecule has 1 heterocycles. The zero-order valence-corrected chi connectivity index (χ0v) is 16.2. The third kappa shape index (κ3) is 4.78. The molecule has 2 aliphatic rings. The molecular formula is C21H26O7. The lowest BCUT2D eigenvalue weighted by Gasteiger charge is -2.33. The highest BCUT2D eigenvalue weighted by molar-refractivity contribution is 5.91. The third-order valence-electron chi connectivity index (χ3n) is 4.83. The summed E-state index contributed by atoms with van der Waals surface area (Å²) < 4.78 is 16.5. The van der Waals surface area contributed by atoms with Gasteiger partial charge in [-0.1, -0.05) is 25.8 Å². The molecule has 7 heteroatoms. The summed E-state index contributed by atoms with van der Waals surface area (Å²) >= 11 is 0. The average Bonchev–Trinajstić information content (AvgIpc) is 2.91. The Morgan fingerprint density at radius 2 is 1.96 bits per heavy atom. The predicted octanol–water partition coefficient (Wildman–Crippen LogP) is 2.16. The van der Waals surface area contributed by atoms with Crippen molar-refractivity contribution in [3.8, 4) is 0 Å². The van der Waals surface area contributed by atoms with Crippen LogP contribution in [0.3, 0.4) is 0 Å². The van der Waals surface area contributed by atoms with Crippen LogP contribution in [0.5, 0.6) is 0 Å². The molecule has 1 fully saturated rings. The van der Waals surface area contributed by atoms with Crippen molar-refractivity contribution < 1.29 is 33.7 Å². The van der Waals surface area contributed by atoms with E-state index in [1.54, 1.807) is 0 Å². The number of rotatable bonds is 4. The number of fused-ring (bicyclic) bond motifs is 1. The molecule has 0 aromatic rings. The molecule has 0 aromatic carbocycles. The minimum Gasteiger partial charge on any atom is -0.458 e. The van der Waals surface area contributed by atoms with Gasteiger partial charge in [0.05, 0.1) is 12.5 Å². The molecule has 7 nitrogen and oxygen atoms in total. The standard InChI is InChI=1S/C21H26O7/c1-11(2)20(24)27-16-9-15(10-22)8-6-7-12(3)18(26-14(5)23)19-17(16)13(4)21(25)28-19/h8,16-19,22H,1,3-4,6-7,9-10H2,2,5H3/b15-8-/t16-,17+,18?,19-/m0/s1. The molecule has 0 bridgehead atoms. The predicted molar refractivity (Wildman–Crippen MR) is 101 cm³/mol. The average molecular weight is 390 g/mol. The number of esters is 3. The van der Waals surface area contributed by atoms with Crippen LogP contribution in [0, 0.1) is 5.92 Å². The Morgan fingerprint density at radius 3 is 2.54 bits per heavy atom. The number of allylic oxidation sites excluding steroid dienone is 1. The maximum absolute atomic E-state index is 12.3. The van der Waals surface area contributed by atoms with E-state index in [0.29, 0.717) is 24.0 Å². The largest absolute Gasteiger partial charge is 0.458 e. The van der Waals surface area contributed by atoms with Crippen molar-refractivity contribution >= 4 is 17.9 Å². The zero-order chi connectivity index (χ0) is 21.0. The Hall–Kier alpha value is -2.67. The van der Waals surface area contributed by atoms with Crippen LogP contribution in [-0.4, -0.2) is 47.9 Å². The van der Waals surface area contributed by atoms with Gasteiger partial charge in [-0.25, -0.2) is 9.59 Å². The molecule has 0 amide bonds. The van der Waals surface area contributed by atoms with Gasteiger partial charge in [-0.05, 0) is 30.9 Å². The number of aliphatic hydroxyl groups excluding tert-OH is 1. The van der Waals surface area contributed by atoms with E-state index in [2.05, 4.69) is 19.7 Å². The fraction of sp³-hybridized carbons (Fsp3) is 0.476. The first kappa shape index (κ1) is 21.6. The topological polar surface area (TPSA) is 99.1 Å². The van der Waals surface area contributed by atoms with Gasteiger partial charge in [0.25, 0.3) is 0 Å².